The third-order valence-corrected chi connectivity index (χ3v) is 4.87. The Kier molecular flexibility index (Phi) is 6.08. The topological polar surface area (TPSA) is 89.3 Å². The van der Waals surface area contributed by atoms with Gasteiger partial charge in [-0.05, 0) is 62.7 Å². The summed E-state index contributed by atoms with van der Waals surface area (Å²) in [7, 11) is 0. The number of nitrogens with zero attached hydrogens (tertiary/aromatic N) is 3. The summed E-state index contributed by atoms with van der Waals surface area (Å²) in [6, 6.07) is 16.7. The monoisotopic (exact) mass is 446 g/mol. The highest BCUT2D eigenvalue weighted by molar-refractivity contribution is 5.95. The highest BCUT2D eigenvalue weighted by Gasteiger charge is 2.18. The lowest BCUT2D eigenvalue weighted by Crippen LogP contribution is -2.09. The lowest BCUT2D eigenvalue weighted by atomic mass is 10.1. The van der Waals surface area contributed by atoms with Crippen molar-refractivity contribution in [3.05, 3.63) is 83.8 Å². The number of nitrogens with one attached hydrogen (secondary N) is 1. The van der Waals surface area contributed by atoms with Crippen molar-refractivity contribution in [1.29, 1.82) is 0 Å². The van der Waals surface area contributed by atoms with Gasteiger partial charge in [-0.25, -0.2) is 14.2 Å². The number of aromatic nitrogens is 3. The third-order valence-electron chi connectivity index (χ3n) is 4.87. The molecule has 4 aromatic rings. The van der Waals surface area contributed by atoms with Gasteiger partial charge in [0, 0.05) is 17.8 Å². The average molecular weight is 446 g/mol. The van der Waals surface area contributed by atoms with E-state index in [1.807, 2.05) is 57.2 Å². The summed E-state index contributed by atoms with van der Waals surface area (Å²) in [6.45, 7) is 5.82. The fourth-order valence-electron chi connectivity index (χ4n) is 3.41. The van der Waals surface area contributed by atoms with Gasteiger partial charge in [-0.2, -0.15) is 9.78 Å². The van der Waals surface area contributed by atoms with Gasteiger partial charge in [0.2, 0.25) is 0 Å². The van der Waals surface area contributed by atoms with Gasteiger partial charge in [0.25, 0.3) is 0 Å². The molecule has 2 aromatic carbocycles. The molecule has 2 aromatic heterocycles. The molecule has 0 unspecified atom stereocenters. The minimum absolute atomic E-state index is 0.0270. The number of halogens is 1. The average Bonchev–Trinajstić information content (AvgIpc) is 3.18. The molecular weight excluding hydrogens is 423 g/mol. The first-order chi connectivity index (χ1) is 15.8. The van der Waals surface area contributed by atoms with Crippen molar-refractivity contribution in [2.45, 2.75) is 26.9 Å². The van der Waals surface area contributed by atoms with Crippen LogP contribution in [0.3, 0.4) is 0 Å². The number of aromatic carboxylic acids is 1. The highest BCUT2D eigenvalue weighted by atomic mass is 19.1. The van der Waals surface area contributed by atoms with Gasteiger partial charge in [0.05, 0.1) is 23.0 Å². The van der Waals surface area contributed by atoms with Crippen LogP contribution in [-0.2, 0) is 0 Å². The Morgan fingerprint density at radius 1 is 1.12 bits per heavy atom. The number of pyridine rings is 1. The molecule has 0 amide bonds. The summed E-state index contributed by atoms with van der Waals surface area (Å²) >= 11 is 0. The van der Waals surface area contributed by atoms with Crippen LogP contribution in [0.2, 0.25) is 0 Å². The summed E-state index contributed by atoms with van der Waals surface area (Å²) in [6.07, 6.45) is 1.68. The van der Waals surface area contributed by atoms with Gasteiger partial charge in [-0.15, -0.1) is 0 Å². The van der Waals surface area contributed by atoms with Crippen molar-refractivity contribution in [3.63, 3.8) is 0 Å². The smallest absolute Gasteiger partial charge is 0.337 e. The third kappa shape index (κ3) is 4.85. The highest BCUT2D eigenvalue weighted by Crippen LogP contribution is 2.30. The molecule has 0 bridgehead atoms. The maximum atomic E-state index is 13.7. The van der Waals surface area contributed by atoms with E-state index in [0.717, 1.165) is 17.2 Å². The number of anilines is 2. The molecule has 0 fully saturated rings. The summed E-state index contributed by atoms with van der Waals surface area (Å²) in [4.78, 5) is 16.1. The lowest BCUT2D eigenvalue weighted by molar-refractivity contribution is 0.0697. The van der Waals surface area contributed by atoms with E-state index in [2.05, 4.69) is 10.3 Å². The molecule has 2 N–H and O–H groups in total. The number of carboxylic acid groups (broad SMARTS) is 1. The molecule has 0 aliphatic heterocycles. The molecule has 0 spiro atoms. The van der Waals surface area contributed by atoms with Gasteiger partial charge >= 0.3 is 5.97 Å². The van der Waals surface area contributed by atoms with Crippen LogP contribution in [0.15, 0.2) is 66.9 Å². The summed E-state index contributed by atoms with van der Waals surface area (Å²) in [5.74, 6) is -0.0892. The molecule has 0 atom stereocenters. The summed E-state index contributed by atoms with van der Waals surface area (Å²) in [5, 5.41) is 17.4. The van der Waals surface area contributed by atoms with Crippen molar-refractivity contribution < 1.29 is 19.0 Å². The number of hydrogen-bond acceptors (Lipinski definition) is 5. The van der Waals surface area contributed by atoms with Crippen molar-refractivity contribution in [3.8, 4) is 22.8 Å². The Hall–Kier alpha value is -4.20. The van der Waals surface area contributed by atoms with E-state index in [1.54, 1.807) is 16.9 Å². The first kappa shape index (κ1) is 22.0. The largest absolute Gasteiger partial charge is 0.491 e. The number of hydrogen-bond donors (Lipinski definition) is 2. The summed E-state index contributed by atoms with van der Waals surface area (Å²) < 4.78 is 21.1. The first-order valence-electron chi connectivity index (χ1n) is 10.4. The van der Waals surface area contributed by atoms with E-state index >= 15 is 0 Å². The first-order valence-corrected chi connectivity index (χ1v) is 10.4. The second-order valence-electron chi connectivity index (χ2n) is 7.79. The van der Waals surface area contributed by atoms with E-state index in [0.29, 0.717) is 23.1 Å². The second kappa shape index (κ2) is 9.12. The Labute approximate surface area is 190 Å². The molecule has 0 radical (unpaired) electrons. The maximum absolute atomic E-state index is 13.7. The minimum Gasteiger partial charge on any atom is -0.491 e. The van der Waals surface area contributed by atoms with Gasteiger partial charge in [0.1, 0.15) is 17.4 Å². The Morgan fingerprint density at radius 3 is 2.67 bits per heavy atom. The van der Waals surface area contributed by atoms with E-state index < -0.39 is 11.8 Å². The number of aryl methyl sites for hydroxylation is 1. The number of rotatable bonds is 7. The number of ether oxygens (including phenoxy) is 1. The molecule has 8 heteroatoms. The normalized spacial score (nSPS) is 10.9. The van der Waals surface area contributed by atoms with Crippen LogP contribution >= 0.6 is 0 Å². The molecule has 4 rings (SSSR count). The second-order valence-corrected chi connectivity index (χ2v) is 7.79. The van der Waals surface area contributed by atoms with Crippen molar-refractivity contribution in [1.82, 2.24) is 14.8 Å². The van der Waals surface area contributed by atoms with Crippen LogP contribution < -0.4 is 10.1 Å². The number of benzene rings is 2. The number of carboxylic acids is 1. The van der Waals surface area contributed by atoms with Crippen LogP contribution in [-0.4, -0.2) is 31.9 Å². The molecule has 168 valence electrons. The molecular formula is C25H23FN4O3. The molecule has 0 aliphatic carbocycles. The molecule has 33 heavy (non-hydrogen) atoms. The fraction of sp³-hybridized carbons (Fsp3) is 0.160. The molecule has 7 nitrogen and oxygen atoms in total. The van der Waals surface area contributed by atoms with Gasteiger partial charge in [0.15, 0.2) is 5.82 Å². The Morgan fingerprint density at radius 2 is 1.94 bits per heavy atom. The minimum atomic E-state index is -1.24. The predicted octanol–water partition coefficient (Wildman–Crippen LogP) is 5.61. The Bertz CT molecular complexity index is 1320. The zero-order valence-corrected chi connectivity index (χ0v) is 18.4. The molecule has 0 saturated carbocycles. The number of carbonyl (C=O) groups is 1. The van der Waals surface area contributed by atoms with Gasteiger partial charge in [-0.1, -0.05) is 18.2 Å². The van der Waals surface area contributed by atoms with Crippen LogP contribution in [0.25, 0.3) is 17.1 Å². The van der Waals surface area contributed by atoms with Crippen molar-refractivity contribution in [2.24, 2.45) is 0 Å². The van der Waals surface area contributed by atoms with Crippen LogP contribution in [0.5, 0.6) is 5.75 Å². The van der Waals surface area contributed by atoms with Crippen LogP contribution in [0, 0.1) is 12.7 Å². The van der Waals surface area contributed by atoms with Crippen LogP contribution in [0.1, 0.15) is 29.8 Å². The summed E-state index contributed by atoms with van der Waals surface area (Å²) in [5.41, 5.74) is 2.39. The quantitative estimate of drug-likeness (QED) is 0.384. The van der Waals surface area contributed by atoms with E-state index in [1.165, 1.54) is 12.1 Å². The van der Waals surface area contributed by atoms with Crippen molar-refractivity contribution in [2.75, 3.05) is 5.32 Å². The van der Waals surface area contributed by atoms with E-state index in [4.69, 9.17) is 9.84 Å². The van der Waals surface area contributed by atoms with Crippen molar-refractivity contribution >= 4 is 17.5 Å². The van der Waals surface area contributed by atoms with Crippen LogP contribution in [0.4, 0.5) is 15.9 Å². The van der Waals surface area contributed by atoms with E-state index in [-0.39, 0.29) is 17.4 Å². The van der Waals surface area contributed by atoms with Gasteiger partial charge in [-0.3, -0.25) is 0 Å². The van der Waals surface area contributed by atoms with E-state index in [9.17, 15) is 14.3 Å². The lowest BCUT2D eigenvalue weighted by Gasteiger charge is -2.12. The zero-order chi connectivity index (χ0) is 23.5. The molecule has 2 heterocycles. The SMILES string of the molecule is Cc1cccnc1-n1nc(-c2cccc(OC(C)C)c2)cc1Nc1ccc(F)cc1C(=O)O. The maximum Gasteiger partial charge on any atom is 0.337 e. The Balaban J connectivity index is 1.83. The molecule has 0 aliphatic rings. The standard InChI is InChI=1S/C25H23FN4O3/c1-15(2)33-19-8-4-7-17(12-19)22-14-23(30(29-22)24-16(3)6-5-11-27-24)28-21-10-9-18(26)13-20(21)25(31)32/h4-15,28H,1-3H3,(H,31,32). The zero-order valence-electron chi connectivity index (χ0n) is 18.4. The molecule has 0 saturated heterocycles. The predicted molar refractivity (Wildman–Crippen MR) is 124 cm³/mol. The fourth-order valence-corrected chi connectivity index (χ4v) is 3.41. The van der Waals surface area contributed by atoms with Gasteiger partial charge < -0.3 is 15.2 Å².